The number of nitrogens with zero attached hydrogens (tertiary/aromatic N) is 5. The molecule has 0 bridgehead atoms. The molecule has 0 aliphatic carbocycles. The zero-order valence-electron chi connectivity index (χ0n) is 23.3. The Labute approximate surface area is 233 Å². The van der Waals surface area contributed by atoms with Crippen LogP contribution in [0.1, 0.15) is 35.1 Å². The molecule has 11 nitrogen and oxygen atoms in total. The quantitative estimate of drug-likeness (QED) is 0.243. The topological polar surface area (TPSA) is 149 Å². The molecule has 5 rings (SSSR count). The van der Waals surface area contributed by atoms with Gasteiger partial charge >= 0.3 is 0 Å². The number of nitrogen functional groups attached to an aromatic ring is 1. The minimum atomic E-state index is 0.111. The van der Waals surface area contributed by atoms with Gasteiger partial charge in [0.15, 0.2) is 5.58 Å². The molecular weight excluding hydrogens is 506 g/mol. The zero-order chi connectivity index (χ0) is 28.4. The zero-order valence-corrected chi connectivity index (χ0v) is 23.3. The number of fused-ring (bicyclic) bond motifs is 1. The normalized spacial score (nSPS) is 14.1. The highest BCUT2D eigenvalue weighted by Gasteiger charge is 2.25. The maximum Gasteiger partial charge on any atom is 0.300 e. The summed E-state index contributed by atoms with van der Waals surface area (Å²) in [6.45, 7) is 5.79. The van der Waals surface area contributed by atoms with Gasteiger partial charge in [0, 0.05) is 30.4 Å². The molecule has 1 aliphatic rings. The van der Waals surface area contributed by atoms with Crippen molar-refractivity contribution < 1.29 is 9.21 Å². The minimum absolute atomic E-state index is 0.111. The summed E-state index contributed by atoms with van der Waals surface area (Å²) >= 11 is 0. The fourth-order valence-electron chi connectivity index (χ4n) is 5.01. The molecule has 0 radical (unpaired) electrons. The number of piperidine rings is 1. The summed E-state index contributed by atoms with van der Waals surface area (Å²) in [5.74, 6) is 0.895. The van der Waals surface area contributed by atoms with Crippen LogP contribution in [-0.2, 0) is 4.79 Å². The Hall–Kier alpha value is -4.51. The largest absolute Gasteiger partial charge is 0.423 e. The fourth-order valence-corrected chi connectivity index (χ4v) is 5.01. The second-order valence-electron chi connectivity index (χ2n) is 10.5. The number of hydrogen-bond donors (Lipinski definition) is 4. The Bertz CT molecular complexity index is 1540. The maximum absolute atomic E-state index is 12.4. The monoisotopic (exact) mass is 541 g/mol. The molecule has 5 N–H and O–H groups in total. The van der Waals surface area contributed by atoms with Crippen molar-refractivity contribution in [3.63, 3.8) is 0 Å². The number of nitrogens with one attached hydrogen (secondary N) is 3. The average Bonchev–Trinajstić information content (AvgIpc) is 3.31. The molecule has 11 heteroatoms. The number of rotatable bonds is 8. The van der Waals surface area contributed by atoms with Crippen molar-refractivity contribution in [3.8, 4) is 0 Å². The summed E-state index contributed by atoms with van der Waals surface area (Å²) in [5, 5.41) is 15.6. The Morgan fingerprint density at radius 2 is 1.88 bits per heavy atom. The van der Waals surface area contributed by atoms with Crippen LogP contribution in [0.25, 0.3) is 11.1 Å². The number of carbonyl (C=O) groups is 1. The van der Waals surface area contributed by atoms with E-state index in [1.54, 1.807) is 0 Å². The van der Waals surface area contributed by atoms with Gasteiger partial charge in [-0.15, -0.1) is 0 Å². The van der Waals surface area contributed by atoms with Crippen LogP contribution in [0.4, 0.5) is 23.3 Å². The predicted molar refractivity (Wildman–Crippen MR) is 157 cm³/mol. The molecule has 0 saturated carbocycles. The summed E-state index contributed by atoms with van der Waals surface area (Å²) in [6, 6.07) is 12.0. The summed E-state index contributed by atoms with van der Waals surface area (Å²) < 4.78 is 5.92. The van der Waals surface area contributed by atoms with Gasteiger partial charge in [-0.3, -0.25) is 10.2 Å². The SMILES string of the molecule is Cc1cc(C)c2oc(Nc3ccc(C(=N)c4c(N)ncnc4NC4CCN(C(=O)CN(C)C)CC4)cc3)nc2c1. The lowest BCUT2D eigenvalue weighted by atomic mass is 10.0. The Morgan fingerprint density at radius 1 is 1.15 bits per heavy atom. The molecule has 1 aliphatic heterocycles. The third-order valence-corrected chi connectivity index (χ3v) is 7.01. The maximum atomic E-state index is 12.4. The van der Waals surface area contributed by atoms with Gasteiger partial charge in [0.05, 0.1) is 17.8 Å². The lowest BCUT2D eigenvalue weighted by molar-refractivity contribution is -0.132. The Kier molecular flexibility index (Phi) is 7.65. The van der Waals surface area contributed by atoms with Crippen LogP contribution in [0.5, 0.6) is 0 Å². The van der Waals surface area contributed by atoms with Crippen molar-refractivity contribution in [2.75, 3.05) is 50.1 Å². The van der Waals surface area contributed by atoms with Crippen LogP contribution in [0, 0.1) is 19.3 Å². The van der Waals surface area contributed by atoms with E-state index in [9.17, 15) is 4.79 Å². The molecule has 0 atom stereocenters. The van der Waals surface area contributed by atoms with Gasteiger partial charge in [0.25, 0.3) is 6.01 Å². The number of benzene rings is 2. The number of likely N-dealkylation sites (N-methyl/N-ethyl adjacent to an activating group) is 1. The van der Waals surface area contributed by atoms with Gasteiger partial charge in [-0.1, -0.05) is 18.2 Å². The van der Waals surface area contributed by atoms with E-state index in [-0.39, 0.29) is 23.5 Å². The van der Waals surface area contributed by atoms with Crippen molar-refractivity contribution in [2.24, 2.45) is 0 Å². The molecular formula is C29H35N9O2. The Morgan fingerprint density at radius 3 is 2.58 bits per heavy atom. The van der Waals surface area contributed by atoms with Gasteiger partial charge in [-0.2, -0.15) is 4.98 Å². The summed E-state index contributed by atoms with van der Waals surface area (Å²) in [5.41, 5.74) is 12.1. The van der Waals surface area contributed by atoms with Gasteiger partial charge in [-0.25, -0.2) is 9.97 Å². The predicted octanol–water partition coefficient (Wildman–Crippen LogP) is 3.94. The molecule has 2 aromatic carbocycles. The molecule has 3 heterocycles. The molecule has 0 unspecified atom stereocenters. The van der Waals surface area contributed by atoms with Crippen LogP contribution in [0.15, 0.2) is 47.1 Å². The van der Waals surface area contributed by atoms with E-state index in [4.69, 9.17) is 15.6 Å². The summed E-state index contributed by atoms with van der Waals surface area (Å²) in [6.07, 6.45) is 2.97. The van der Waals surface area contributed by atoms with E-state index in [1.165, 1.54) is 6.33 Å². The van der Waals surface area contributed by atoms with Crippen LogP contribution in [-0.4, -0.2) is 76.1 Å². The number of hydrogen-bond acceptors (Lipinski definition) is 10. The number of carbonyl (C=O) groups excluding carboxylic acids is 1. The highest BCUT2D eigenvalue weighted by molar-refractivity contribution is 6.16. The molecule has 40 heavy (non-hydrogen) atoms. The van der Waals surface area contributed by atoms with E-state index >= 15 is 0 Å². The standard InChI is InChI=1S/C29H35N9O2/c1-17-13-18(2)26-22(14-17)36-29(40-26)35-20-7-5-19(6-8-20)25(30)24-27(31)32-16-33-28(24)34-21-9-11-38(12-10-21)23(39)15-37(3)4/h5-8,13-14,16,21,30H,9-12,15H2,1-4H3,(H,35,36)(H3,31,32,33,34). The second-order valence-corrected chi connectivity index (χ2v) is 10.5. The van der Waals surface area contributed by atoms with Crippen LogP contribution < -0.4 is 16.4 Å². The Balaban J connectivity index is 1.27. The van der Waals surface area contributed by atoms with Crippen LogP contribution >= 0.6 is 0 Å². The van der Waals surface area contributed by atoms with Crippen LogP contribution in [0.3, 0.4) is 0 Å². The van der Waals surface area contributed by atoms with Crippen LogP contribution in [0.2, 0.25) is 0 Å². The number of aromatic nitrogens is 3. The van der Waals surface area contributed by atoms with Gasteiger partial charge in [0.2, 0.25) is 5.91 Å². The third-order valence-electron chi connectivity index (χ3n) is 7.01. The molecule has 4 aromatic rings. The third kappa shape index (κ3) is 5.89. The highest BCUT2D eigenvalue weighted by Crippen LogP contribution is 2.28. The number of nitrogens with two attached hydrogens (primary N) is 1. The summed E-state index contributed by atoms with van der Waals surface area (Å²) in [4.78, 5) is 29.3. The van der Waals surface area contributed by atoms with Crippen molar-refractivity contribution in [1.29, 1.82) is 5.41 Å². The average molecular weight is 542 g/mol. The van der Waals surface area contributed by atoms with Crippen molar-refractivity contribution in [2.45, 2.75) is 32.7 Å². The van der Waals surface area contributed by atoms with E-state index in [2.05, 4.69) is 31.7 Å². The van der Waals surface area contributed by atoms with E-state index < -0.39 is 0 Å². The number of aryl methyl sites for hydroxylation is 2. The van der Waals surface area contributed by atoms with Gasteiger partial charge < -0.3 is 30.6 Å². The molecule has 1 saturated heterocycles. The van der Waals surface area contributed by atoms with Gasteiger partial charge in [-0.05, 0) is 70.1 Å². The van der Waals surface area contributed by atoms with Crippen molar-refractivity contribution >= 4 is 46.1 Å². The summed E-state index contributed by atoms with van der Waals surface area (Å²) in [7, 11) is 3.79. The number of likely N-dealkylation sites (tertiary alicyclic amines) is 1. The number of amides is 1. The first-order chi connectivity index (χ1) is 19.2. The minimum Gasteiger partial charge on any atom is -0.423 e. The number of oxazole rings is 1. The molecule has 1 fully saturated rings. The first kappa shape index (κ1) is 27.1. The fraction of sp³-hybridized carbons (Fsp3) is 0.345. The second kappa shape index (κ2) is 11.3. The lowest BCUT2D eigenvalue weighted by Gasteiger charge is -2.33. The lowest BCUT2D eigenvalue weighted by Crippen LogP contribution is -2.45. The first-order valence-electron chi connectivity index (χ1n) is 13.3. The first-order valence-corrected chi connectivity index (χ1v) is 13.3. The molecule has 208 valence electrons. The molecule has 2 aromatic heterocycles. The molecule has 1 amide bonds. The van der Waals surface area contributed by atoms with Crippen molar-refractivity contribution in [1.82, 2.24) is 24.8 Å². The van der Waals surface area contributed by atoms with E-state index in [0.29, 0.717) is 42.6 Å². The van der Waals surface area contributed by atoms with E-state index in [1.807, 2.05) is 68.1 Å². The number of anilines is 4. The van der Waals surface area contributed by atoms with E-state index in [0.717, 1.165) is 40.8 Å². The van der Waals surface area contributed by atoms with Crippen molar-refractivity contribution in [3.05, 3.63) is 65.0 Å². The smallest absolute Gasteiger partial charge is 0.300 e. The van der Waals surface area contributed by atoms with Gasteiger partial charge in [0.1, 0.15) is 23.5 Å². The highest BCUT2D eigenvalue weighted by atomic mass is 16.4. The molecule has 0 spiro atoms.